The van der Waals surface area contributed by atoms with Crippen molar-refractivity contribution in [1.29, 1.82) is 0 Å². The van der Waals surface area contributed by atoms with E-state index in [4.69, 9.17) is 4.42 Å². The zero-order valence-corrected chi connectivity index (χ0v) is 9.48. The molecule has 0 aliphatic heterocycles. The second-order valence-corrected chi connectivity index (χ2v) is 4.04. The summed E-state index contributed by atoms with van der Waals surface area (Å²) in [6, 6.07) is 3.96. The summed E-state index contributed by atoms with van der Waals surface area (Å²) in [4.78, 5) is 25.3. The van der Waals surface area contributed by atoms with Crippen LogP contribution in [0.15, 0.2) is 27.4 Å². The van der Waals surface area contributed by atoms with Crippen LogP contribution in [0.4, 0.5) is 11.0 Å². The Morgan fingerprint density at radius 1 is 1.53 bits per heavy atom. The standard InChI is InChI=1S/C9H7N3O4S/c1-10-9-11-7(13)4-6(17-9)5-2-3-8(16-5)12(14)15/h2-4H,1H3,(H,10,11,13). The zero-order valence-electron chi connectivity index (χ0n) is 8.67. The van der Waals surface area contributed by atoms with Gasteiger partial charge < -0.3 is 9.73 Å². The molecule has 0 bridgehead atoms. The number of furan rings is 1. The predicted octanol–water partition coefficient (Wildman–Crippen LogP) is 1.71. The zero-order chi connectivity index (χ0) is 12.4. The summed E-state index contributed by atoms with van der Waals surface area (Å²) in [5.74, 6) is -0.0832. The van der Waals surface area contributed by atoms with Crippen LogP contribution in [0.1, 0.15) is 0 Å². The Bertz CT molecular complexity index is 619. The van der Waals surface area contributed by atoms with Gasteiger partial charge in [-0.3, -0.25) is 14.9 Å². The van der Waals surface area contributed by atoms with Crippen LogP contribution in [-0.4, -0.2) is 17.0 Å². The molecule has 2 heterocycles. The van der Waals surface area contributed by atoms with E-state index in [9.17, 15) is 14.9 Å². The molecule has 0 saturated carbocycles. The van der Waals surface area contributed by atoms with Crippen LogP contribution < -0.4 is 10.9 Å². The predicted molar refractivity (Wildman–Crippen MR) is 62.3 cm³/mol. The number of nitrogens with one attached hydrogen (secondary N) is 1. The van der Waals surface area contributed by atoms with E-state index in [-0.39, 0.29) is 11.6 Å². The first-order valence-electron chi connectivity index (χ1n) is 4.54. The van der Waals surface area contributed by atoms with Gasteiger partial charge in [-0.1, -0.05) is 11.3 Å². The molecule has 8 heteroatoms. The lowest BCUT2D eigenvalue weighted by molar-refractivity contribution is -0.401. The van der Waals surface area contributed by atoms with Crippen LogP contribution in [0.3, 0.4) is 0 Å². The first-order valence-corrected chi connectivity index (χ1v) is 5.36. The van der Waals surface area contributed by atoms with Crippen molar-refractivity contribution in [2.24, 2.45) is 0 Å². The van der Waals surface area contributed by atoms with Gasteiger partial charge in [-0.05, 0) is 6.07 Å². The Kier molecular flexibility index (Phi) is 2.88. The van der Waals surface area contributed by atoms with Crippen molar-refractivity contribution in [3.05, 3.63) is 38.7 Å². The highest BCUT2D eigenvalue weighted by atomic mass is 32.1. The van der Waals surface area contributed by atoms with E-state index in [0.717, 1.165) is 0 Å². The molecule has 0 aliphatic carbocycles. The smallest absolute Gasteiger partial charge is 0.400 e. The van der Waals surface area contributed by atoms with Gasteiger partial charge in [-0.2, -0.15) is 4.98 Å². The summed E-state index contributed by atoms with van der Waals surface area (Å²) in [6.45, 7) is 0. The summed E-state index contributed by atoms with van der Waals surface area (Å²) >= 11 is 1.18. The average Bonchev–Trinajstić information content (AvgIpc) is 2.77. The third-order valence-electron chi connectivity index (χ3n) is 1.90. The molecule has 0 atom stereocenters. The SMILES string of the molecule is CNc1nc(=O)cc(-c2ccc([N+](=O)[O-])o2)s1. The van der Waals surface area contributed by atoms with E-state index in [0.29, 0.717) is 10.0 Å². The lowest BCUT2D eigenvalue weighted by atomic mass is 10.4. The van der Waals surface area contributed by atoms with E-state index in [1.807, 2.05) is 0 Å². The minimum Gasteiger partial charge on any atom is -0.400 e. The van der Waals surface area contributed by atoms with Crippen LogP contribution >= 0.6 is 11.3 Å². The molecule has 2 aromatic rings. The molecule has 17 heavy (non-hydrogen) atoms. The number of rotatable bonds is 3. The minimum atomic E-state index is -0.632. The molecule has 0 aromatic carbocycles. The minimum absolute atomic E-state index is 0.276. The Labute approximate surface area is 98.9 Å². The topological polar surface area (TPSA) is 98.3 Å². The van der Waals surface area contributed by atoms with Gasteiger partial charge in [-0.25, -0.2) is 0 Å². The van der Waals surface area contributed by atoms with Crippen molar-refractivity contribution in [1.82, 2.24) is 4.98 Å². The van der Waals surface area contributed by atoms with Crippen LogP contribution in [-0.2, 0) is 0 Å². The van der Waals surface area contributed by atoms with Gasteiger partial charge in [0.15, 0.2) is 10.9 Å². The van der Waals surface area contributed by atoms with Crippen LogP contribution in [0.5, 0.6) is 0 Å². The average molecular weight is 253 g/mol. The first-order chi connectivity index (χ1) is 8.10. The van der Waals surface area contributed by atoms with E-state index in [1.165, 1.54) is 29.5 Å². The van der Waals surface area contributed by atoms with Crippen molar-refractivity contribution in [2.75, 3.05) is 12.4 Å². The Hall–Kier alpha value is -2.22. The molecule has 2 rings (SSSR count). The maximum absolute atomic E-state index is 11.3. The highest BCUT2D eigenvalue weighted by Crippen LogP contribution is 2.29. The fourth-order valence-electron chi connectivity index (χ4n) is 1.19. The Morgan fingerprint density at radius 2 is 2.29 bits per heavy atom. The highest BCUT2D eigenvalue weighted by Gasteiger charge is 2.14. The number of hydrogen-bond donors (Lipinski definition) is 1. The van der Waals surface area contributed by atoms with Crippen LogP contribution in [0.25, 0.3) is 10.6 Å². The molecule has 0 fully saturated rings. The van der Waals surface area contributed by atoms with Crippen molar-refractivity contribution < 1.29 is 9.34 Å². The van der Waals surface area contributed by atoms with Gasteiger partial charge >= 0.3 is 5.88 Å². The van der Waals surface area contributed by atoms with Crippen LogP contribution in [0.2, 0.25) is 0 Å². The highest BCUT2D eigenvalue weighted by molar-refractivity contribution is 7.18. The molecule has 0 saturated heterocycles. The summed E-state index contributed by atoms with van der Waals surface area (Å²) in [5.41, 5.74) is -0.429. The fraction of sp³-hybridized carbons (Fsp3) is 0.111. The van der Waals surface area contributed by atoms with E-state index >= 15 is 0 Å². The quantitative estimate of drug-likeness (QED) is 0.660. The number of nitrogens with zero attached hydrogens (tertiary/aromatic N) is 2. The molecule has 0 amide bonds. The second kappa shape index (κ2) is 4.34. The summed E-state index contributed by atoms with van der Waals surface area (Å²) in [7, 11) is 1.63. The van der Waals surface area contributed by atoms with E-state index in [2.05, 4.69) is 10.3 Å². The maximum atomic E-state index is 11.3. The van der Waals surface area contributed by atoms with Gasteiger partial charge in [0.25, 0.3) is 5.56 Å². The third kappa shape index (κ3) is 2.31. The lowest BCUT2D eigenvalue weighted by Gasteiger charge is -1.98. The summed E-state index contributed by atoms with van der Waals surface area (Å²) in [5, 5.41) is 13.6. The third-order valence-corrected chi connectivity index (χ3v) is 2.93. The van der Waals surface area contributed by atoms with Crippen LogP contribution in [0, 0.1) is 10.1 Å². The van der Waals surface area contributed by atoms with Gasteiger partial charge in [0.2, 0.25) is 0 Å². The van der Waals surface area contributed by atoms with Crippen molar-refractivity contribution in [3.63, 3.8) is 0 Å². The molecular weight excluding hydrogens is 246 g/mol. The molecule has 88 valence electrons. The lowest BCUT2D eigenvalue weighted by Crippen LogP contribution is -2.05. The first kappa shape index (κ1) is 11.3. The second-order valence-electron chi connectivity index (χ2n) is 3.01. The fourth-order valence-corrected chi connectivity index (χ4v) is 2.00. The van der Waals surface area contributed by atoms with Crippen molar-refractivity contribution in [3.8, 4) is 10.6 Å². The molecule has 0 spiro atoms. The van der Waals surface area contributed by atoms with Gasteiger partial charge in [0, 0.05) is 13.1 Å². The Morgan fingerprint density at radius 3 is 2.88 bits per heavy atom. The van der Waals surface area contributed by atoms with Crippen molar-refractivity contribution >= 4 is 22.4 Å². The number of anilines is 1. The monoisotopic (exact) mass is 253 g/mol. The molecule has 1 N–H and O–H groups in total. The van der Waals surface area contributed by atoms with Gasteiger partial charge in [-0.15, -0.1) is 0 Å². The molecule has 2 aromatic heterocycles. The number of aromatic nitrogens is 1. The summed E-state index contributed by atoms with van der Waals surface area (Å²) < 4.78 is 5.00. The molecule has 0 radical (unpaired) electrons. The molecule has 0 aliphatic rings. The number of nitro groups is 1. The van der Waals surface area contributed by atoms with E-state index in [1.54, 1.807) is 7.05 Å². The largest absolute Gasteiger partial charge is 0.433 e. The normalized spacial score (nSPS) is 10.2. The Balaban J connectivity index is 2.48. The molecule has 7 nitrogen and oxygen atoms in total. The van der Waals surface area contributed by atoms with Gasteiger partial charge in [0.05, 0.1) is 10.9 Å². The number of hydrogen-bond acceptors (Lipinski definition) is 7. The molecular formula is C9H7N3O4S. The molecule has 0 unspecified atom stereocenters. The maximum Gasteiger partial charge on any atom is 0.433 e. The summed E-state index contributed by atoms with van der Waals surface area (Å²) in [6.07, 6.45) is 0. The van der Waals surface area contributed by atoms with Gasteiger partial charge in [0.1, 0.15) is 4.92 Å². The van der Waals surface area contributed by atoms with Crippen molar-refractivity contribution in [2.45, 2.75) is 0 Å². The van der Waals surface area contributed by atoms with E-state index < -0.39 is 10.5 Å².